The summed E-state index contributed by atoms with van der Waals surface area (Å²) < 4.78 is 0. The summed E-state index contributed by atoms with van der Waals surface area (Å²) in [6.45, 7) is 3.75. The summed E-state index contributed by atoms with van der Waals surface area (Å²) in [5.41, 5.74) is 3.09. The molecule has 0 saturated heterocycles. The Balaban J connectivity index is 1.84. The van der Waals surface area contributed by atoms with E-state index in [-0.39, 0.29) is 24.7 Å². The molecule has 114 valence electrons. The first-order chi connectivity index (χ1) is 10.4. The van der Waals surface area contributed by atoms with E-state index in [2.05, 4.69) is 17.2 Å². The molecular formula is C16H16N2O4. The number of carboxylic acids is 1. The molecule has 22 heavy (non-hydrogen) atoms. The minimum absolute atomic E-state index is 0.0781. The van der Waals surface area contributed by atoms with Gasteiger partial charge in [0.05, 0.1) is 6.42 Å². The van der Waals surface area contributed by atoms with E-state index in [1.165, 1.54) is 6.08 Å². The van der Waals surface area contributed by atoms with Crippen LogP contribution in [0, 0.1) is 0 Å². The number of allylic oxidation sites excluding steroid dienone is 2. The smallest absolute Gasteiger partial charge is 0.303 e. The zero-order chi connectivity index (χ0) is 16.1. The van der Waals surface area contributed by atoms with Crippen LogP contribution >= 0.6 is 0 Å². The Morgan fingerprint density at radius 3 is 2.14 bits per heavy atom. The average molecular weight is 300 g/mol. The minimum atomic E-state index is -1.01. The van der Waals surface area contributed by atoms with Gasteiger partial charge in [-0.15, -0.1) is 0 Å². The summed E-state index contributed by atoms with van der Waals surface area (Å²) in [6, 6.07) is 6.59. The van der Waals surface area contributed by atoms with Crippen molar-refractivity contribution < 1.29 is 19.5 Å². The average Bonchev–Trinajstić information content (AvgIpc) is 3.14. The topological polar surface area (TPSA) is 95.5 Å². The van der Waals surface area contributed by atoms with Gasteiger partial charge in [0.25, 0.3) is 0 Å². The van der Waals surface area contributed by atoms with E-state index >= 15 is 0 Å². The zero-order valence-corrected chi connectivity index (χ0v) is 11.9. The van der Waals surface area contributed by atoms with Gasteiger partial charge in [0.15, 0.2) is 0 Å². The normalized spacial score (nSPS) is 14.5. The molecule has 0 heterocycles. The van der Waals surface area contributed by atoms with Crippen molar-refractivity contribution in [3.05, 3.63) is 48.1 Å². The van der Waals surface area contributed by atoms with Crippen LogP contribution in [0.15, 0.2) is 48.1 Å². The molecule has 0 aliphatic heterocycles. The first kappa shape index (κ1) is 15.5. The Hall–Kier alpha value is -2.89. The number of nitrogens with one attached hydrogen (secondary N) is 2. The Morgan fingerprint density at radius 1 is 1.09 bits per heavy atom. The van der Waals surface area contributed by atoms with Crippen LogP contribution in [0.4, 0.5) is 11.4 Å². The molecule has 1 saturated carbocycles. The lowest BCUT2D eigenvalue weighted by Gasteiger charge is -2.06. The molecule has 6 nitrogen and oxygen atoms in total. The molecule has 0 spiro atoms. The minimum Gasteiger partial charge on any atom is -0.481 e. The summed E-state index contributed by atoms with van der Waals surface area (Å²) in [5, 5.41) is 13.8. The second kappa shape index (κ2) is 6.71. The van der Waals surface area contributed by atoms with Gasteiger partial charge < -0.3 is 15.7 Å². The Kier molecular flexibility index (Phi) is 4.73. The summed E-state index contributed by atoms with van der Waals surface area (Å²) >= 11 is 0. The maximum Gasteiger partial charge on any atom is 0.303 e. The van der Waals surface area contributed by atoms with Gasteiger partial charge in [-0.05, 0) is 41.8 Å². The highest BCUT2D eigenvalue weighted by Gasteiger charge is 2.18. The van der Waals surface area contributed by atoms with Crippen LogP contribution < -0.4 is 10.6 Å². The Morgan fingerprint density at radius 2 is 1.64 bits per heavy atom. The van der Waals surface area contributed by atoms with Crippen LogP contribution in [-0.4, -0.2) is 22.9 Å². The van der Waals surface area contributed by atoms with Crippen molar-refractivity contribution in [2.75, 3.05) is 10.6 Å². The molecule has 0 aromatic heterocycles. The van der Waals surface area contributed by atoms with Gasteiger partial charge in [-0.1, -0.05) is 6.58 Å². The van der Waals surface area contributed by atoms with E-state index in [0.717, 1.165) is 17.6 Å². The molecule has 1 aliphatic carbocycles. The lowest BCUT2D eigenvalue weighted by molar-refractivity contribution is -0.138. The van der Waals surface area contributed by atoms with E-state index < -0.39 is 5.97 Å². The molecule has 3 N–H and O–H groups in total. The fourth-order valence-electron chi connectivity index (χ4n) is 1.76. The molecule has 1 aromatic carbocycles. The van der Waals surface area contributed by atoms with Gasteiger partial charge in [-0.2, -0.15) is 0 Å². The first-order valence-electron chi connectivity index (χ1n) is 6.75. The molecule has 1 fully saturated rings. The monoisotopic (exact) mass is 300 g/mol. The number of rotatable bonds is 6. The van der Waals surface area contributed by atoms with E-state index in [1.54, 1.807) is 24.3 Å². The summed E-state index contributed by atoms with van der Waals surface area (Å²) in [5.74, 6) is -1.59. The highest BCUT2D eigenvalue weighted by molar-refractivity contribution is 6.01. The van der Waals surface area contributed by atoms with Crippen LogP contribution in [0.5, 0.6) is 0 Å². The second-order valence-corrected chi connectivity index (χ2v) is 4.96. The van der Waals surface area contributed by atoms with Gasteiger partial charge in [0.2, 0.25) is 11.8 Å². The number of hydrogen-bond donors (Lipinski definition) is 3. The molecule has 0 bridgehead atoms. The number of amides is 2. The number of benzene rings is 1. The number of anilines is 2. The Labute approximate surface area is 127 Å². The fourth-order valence-corrected chi connectivity index (χ4v) is 1.76. The highest BCUT2D eigenvalue weighted by Crippen LogP contribution is 2.34. The molecular weight excluding hydrogens is 284 g/mol. The fraction of sp³-hybridized carbons (Fsp3) is 0.188. The number of carboxylic acid groups (broad SMARTS) is 1. The van der Waals surface area contributed by atoms with Gasteiger partial charge in [-0.25, -0.2) is 0 Å². The number of carbonyl (C=O) groups is 3. The van der Waals surface area contributed by atoms with E-state index in [0.29, 0.717) is 11.4 Å². The Bertz CT molecular complexity index is 659. The van der Waals surface area contributed by atoms with Gasteiger partial charge in [-0.3, -0.25) is 14.4 Å². The third-order valence-electron chi connectivity index (χ3n) is 3.04. The van der Waals surface area contributed by atoms with E-state index in [9.17, 15) is 14.4 Å². The number of carbonyl (C=O) groups excluding carboxylic acids is 2. The van der Waals surface area contributed by atoms with Gasteiger partial charge in [0.1, 0.15) is 0 Å². The molecule has 2 rings (SSSR count). The first-order valence-corrected chi connectivity index (χ1v) is 6.75. The number of hydrogen-bond acceptors (Lipinski definition) is 3. The third kappa shape index (κ3) is 4.90. The highest BCUT2D eigenvalue weighted by atomic mass is 16.4. The van der Waals surface area contributed by atoms with E-state index in [1.807, 2.05) is 0 Å². The van der Waals surface area contributed by atoms with Gasteiger partial charge in [0, 0.05) is 23.9 Å². The zero-order valence-electron chi connectivity index (χ0n) is 11.9. The lowest BCUT2D eigenvalue weighted by Crippen LogP contribution is -2.13. The molecule has 0 atom stereocenters. The quantitative estimate of drug-likeness (QED) is 0.702. The largest absolute Gasteiger partial charge is 0.481 e. The van der Waals surface area contributed by atoms with Crippen molar-refractivity contribution in [1.29, 1.82) is 0 Å². The maximum atomic E-state index is 11.7. The standard InChI is InChI=1S/C16H16N2O4/c1-10-8-11(10)9-15(20)18-13-4-2-12(3-5-13)17-14(19)6-7-16(21)22/h2-5,9H,1,6-8H2,(H,17,19)(H,18,20)(H,21,22)/b11-9-. The third-order valence-corrected chi connectivity index (χ3v) is 3.04. The van der Waals surface area contributed by atoms with Crippen LogP contribution in [0.1, 0.15) is 19.3 Å². The maximum absolute atomic E-state index is 11.7. The van der Waals surface area contributed by atoms with Crippen molar-refractivity contribution >= 4 is 29.2 Å². The van der Waals surface area contributed by atoms with Crippen molar-refractivity contribution in [3.63, 3.8) is 0 Å². The summed E-state index contributed by atoms with van der Waals surface area (Å²) in [4.78, 5) is 33.5. The predicted molar refractivity (Wildman–Crippen MR) is 82.4 cm³/mol. The number of aliphatic carboxylic acids is 1. The van der Waals surface area contributed by atoms with Crippen molar-refractivity contribution in [2.24, 2.45) is 0 Å². The van der Waals surface area contributed by atoms with Crippen LogP contribution in [0.3, 0.4) is 0 Å². The van der Waals surface area contributed by atoms with Crippen LogP contribution in [-0.2, 0) is 14.4 Å². The van der Waals surface area contributed by atoms with Gasteiger partial charge >= 0.3 is 5.97 Å². The van der Waals surface area contributed by atoms with Crippen molar-refractivity contribution in [1.82, 2.24) is 0 Å². The molecule has 1 aliphatic rings. The lowest BCUT2D eigenvalue weighted by atomic mass is 10.2. The van der Waals surface area contributed by atoms with E-state index in [4.69, 9.17) is 5.11 Å². The molecule has 1 aromatic rings. The van der Waals surface area contributed by atoms with Crippen molar-refractivity contribution in [3.8, 4) is 0 Å². The van der Waals surface area contributed by atoms with Crippen LogP contribution in [0.25, 0.3) is 0 Å². The molecule has 6 heteroatoms. The predicted octanol–water partition coefficient (Wildman–Crippen LogP) is 2.31. The molecule has 0 unspecified atom stereocenters. The van der Waals surface area contributed by atoms with Crippen LogP contribution in [0.2, 0.25) is 0 Å². The SMILES string of the molecule is C=C1C/C1=C/C(=O)Nc1ccc(NC(=O)CCC(=O)O)cc1. The molecule has 2 amide bonds. The molecule has 0 radical (unpaired) electrons. The summed E-state index contributed by atoms with van der Waals surface area (Å²) in [6.07, 6.45) is 2.02. The summed E-state index contributed by atoms with van der Waals surface area (Å²) in [7, 11) is 0. The second-order valence-electron chi connectivity index (χ2n) is 4.96. The van der Waals surface area contributed by atoms with Crippen molar-refractivity contribution in [2.45, 2.75) is 19.3 Å².